The summed E-state index contributed by atoms with van der Waals surface area (Å²) in [6.45, 7) is 2.25. The molecule has 2 heterocycles. The van der Waals surface area contributed by atoms with Gasteiger partial charge in [-0.3, -0.25) is 9.59 Å². The number of rotatable bonds is 6. The highest BCUT2D eigenvalue weighted by atomic mass is 16.6. The standard InChI is InChI=1S/C26H30N6O4/c1-6-36-26(35)32-22-16-31(25(34)18-9-13-20(14-10-18)30(4)5)15-21(22)23(28-32)27-24(33)17-7-11-19(12-8-17)29(2)3/h7-14H,6,15-16H2,1-5H3,(H,27,28,33). The Labute approximate surface area is 210 Å². The van der Waals surface area contributed by atoms with E-state index >= 15 is 0 Å². The van der Waals surface area contributed by atoms with Crippen LogP contribution in [0.4, 0.5) is 22.0 Å². The number of fused-ring (bicyclic) bond motifs is 1. The smallest absolute Gasteiger partial charge is 0.435 e. The van der Waals surface area contributed by atoms with Gasteiger partial charge in [-0.25, -0.2) is 4.79 Å². The van der Waals surface area contributed by atoms with E-state index in [0.29, 0.717) is 22.4 Å². The maximum absolute atomic E-state index is 13.2. The van der Waals surface area contributed by atoms with Crippen LogP contribution in [0.5, 0.6) is 0 Å². The lowest BCUT2D eigenvalue weighted by molar-refractivity contribution is 0.0747. The summed E-state index contributed by atoms with van der Waals surface area (Å²) >= 11 is 0. The highest BCUT2D eigenvalue weighted by Crippen LogP contribution is 2.31. The molecule has 188 valence electrons. The zero-order chi connectivity index (χ0) is 26.0. The van der Waals surface area contributed by atoms with Crippen LogP contribution in [0.2, 0.25) is 0 Å². The number of nitrogens with zero attached hydrogens (tertiary/aromatic N) is 5. The van der Waals surface area contributed by atoms with Crippen molar-refractivity contribution in [3.63, 3.8) is 0 Å². The van der Waals surface area contributed by atoms with E-state index in [9.17, 15) is 14.4 Å². The second-order valence-electron chi connectivity index (χ2n) is 8.88. The van der Waals surface area contributed by atoms with Crippen molar-refractivity contribution in [2.24, 2.45) is 0 Å². The first-order valence-corrected chi connectivity index (χ1v) is 11.6. The molecule has 10 heteroatoms. The Balaban J connectivity index is 1.59. The van der Waals surface area contributed by atoms with E-state index in [-0.39, 0.29) is 37.3 Å². The Morgan fingerprint density at radius 3 is 1.97 bits per heavy atom. The summed E-state index contributed by atoms with van der Waals surface area (Å²) in [5, 5.41) is 7.13. The Hall–Kier alpha value is -4.34. The number of nitrogens with one attached hydrogen (secondary N) is 1. The average molecular weight is 491 g/mol. The lowest BCUT2D eigenvalue weighted by Gasteiger charge is -2.18. The molecule has 0 unspecified atom stereocenters. The van der Waals surface area contributed by atoms with Crippen molar-refractivity contribution in [3.8, 4) is 0 Å². The molecule has 0 saturated carbocycles. The van der Waals surface area contributed by atoms with Crippen LogP contribution in [0.1, 0.15) is 38.9 Å². The maximum Gasteiger partial charge on any atom is 0.435 e. The molecule has 36 heavy (non-hydrogen) atoms. The molecule has 0 bridgehead atoms. The third-order valence-electron chi connectivity index (χ3n) is 6.02. The predicted octanol–water partition coefficient (Wildman–Crippen LogP) is 3.43. The number of carbonyl (C=O) groups is 3. The lowest BCUT2D eigenvalue weighted by atomic mass is 10.1. The van der Waals surface area contributed by atoms with Gasteiger partial charge in [0.05, 0.1) is 25.4 Å². The molecule has 0 fully saturated rings. The fourth-order valence-electron chi connectivity index (χ4n) is 4.00. The van der Waals surface area contributed by atoms with Gasteiger partial charge in [-0.2, -0.15) is 4.68 Å². The van der Waals surface area contributed by atoms with Crippen LogP contribution in [0.3, 0.4) is 0 Å². The molecule has 10 nitrogen and oxygen atoms in total. The number of carbonyl (C=O) groups excluding carboxylic acids is 3. The minimum atomic E-state index is -0.658. The third-order valence-corrected chi connectivity index (χ3v) is 6.02. The van der Waals surface area contributed by atoms with Gasteiger partial charge in [0.2, 0.25) is 0 Å². The van der Waals surface area contributed by atoms with Gasteiger partial charge in [0, 0.05) is 56.3 Å². The van der Waals surface area contributed by atoms with Crippen LogP contribution in [0, 0.1) is 0 Å². The second kappa shape index (κ2) is 10.1. The van der Waals surface area contributed by atoms with Gasteiger partial charge in [-0.1, -0.05) is 0 Å². The van der Waals surface area contributed by atoms with E-state index in [2.05, 4.69) is 10.4 Å². The molecule has 0 atom stereocenters. The first-order chi connectivity index (χ1) is 17.2. The van der Waals surface area contributed by atoms with Crippen LogP contribution < -0.4 is 15.1 Å². The molecule has 1 aromatic heterocycles. The van der Waals surface area contributed by atoms with E-state index < -0.39 is 6.09 Å². The van der Waals surface area contributed by atoms with Gasteiger partial charge in [-0.15, -0.1) is 5.10 Å². The van der Waals surface area contributed by atoms with Crippen molar-refractivity contribution in [3.05, 3.63) is 70.9 Å². The molecule has 1 N–H and O–H groups in total. The number of benzene rings is 2. The molecule has 0 saturated heterocycles. The van der Waals surface area contributed by atoms with E-state index in [1.54, 1.807) is 36.1 Å². The van der Waals surface area contributed by atoms with Crippen molar-refractivity contribution in [1.29, 1.82) is 0 Å². The minimum absolute atomic E-state index is 0.169. The molecule has 4 rings (SSSR count). The number of anilines is 3. The molecule has 1 aliphatic heterocycles. The van der Waals surface area contributed by atoms with Crippen molar-refractivity contribution in [1.82, 2.24) is 14.7 Å². The number of ether oxygens (including phenoxy) is 1. The maximum atomic E-state index is 13.2. The SMILES string of the molecule is CCOC(=O)n1nc(NC(=O)c2ccc(N(C)C)cc2)c2c1CN(C(=O)c1ccc(N(C)C)cc1)C2. The van der Waals surface area contributed by atoms with E-state index in [4.69, 9.17) is 4.74 Å². The second-order valence-corrected chi connectivity index (χ2v) is 8.88. The van der Waals surface area contributed by atoms with E-state index in [1.807, 2.05) is 62.3 Å². The predicted molar refractivity (Wildman–Crippen MR) is 138 cm³/mol. The fourth-order valence-corrected chi connectivity index (χ4v) is 4.00. The third kappa shape index (κ3) is 4.88. The quantitative estimate of drug-likeness (QED) is 0.565. The van der Waals surface area contributed by atoms with E-state index in [0.717, 1.165) is 16.1 Å². The molecule has 3 aromatic rings. The molecule has 0 spiro atoms. The zero-order valence-corrected chi connectivity index (χ0v) is 21.1. The Bertz CT molecular complexity index is 1280. The molecule has 0 radical (unpaired) electrons. The lowest BCUT2D eigenvalue weighted by Crippen LogP contribution is -2.28. The van der Waals surface area contributed by atoms with Gasteiger partial charge in [0.15, 0.2) is 5.82 Å². The van der Waals surface area contributed by atoms with Crippen molar-refractivity contribution < 1.29 is 19.1 Å². The summed E-state index contributed by atoms with van der Waals surface area (Å²) < 4.78 is 6.27. The summed E-state index contributed by atoms with van der Waals surface area (Å²) in [5.41, 5.74) is 4.06. The Morgan fingerprint density at radius 2 is 1.44 bits per heavy atom. The van der Waals surface area contributed by atoms with Crippen molar-refractivity contribution >= 4 is 35.1 Å². The molecule has 2 amide bonds. The highest BCUT2D eigenvalue weighted by molar-refractivity contribution is 6.04. The molecule has 0 aliphatic carbocycles. The normalized spacial score (nSPS) is 12.2. The van der Waals surface area contributed by atoms with Crippen LogP contribution in [0.15, 0.2) is 48.5 Å². The topological polar surface area (TPSA) is 100 Å². The van der Waals surface area contributed by atoms with Crippen LogP contribution in [0.25, 0.3) is 0 Å². The molecular formula is C26H30N6O4. The molecule has 1 aliphatic rings. The van der Waals surface area contributed by atoms with Crippen molar-refractivity contribution in [2.45, 2.75) is 20.0 Å². The first kappa shape index (κ1) is 24.8. The Morgan fingerprint density at radius 1 is 0.889 bits per heavy atom. The largest absolute Gasteiger partial charge is 0.448 e. The summed E-state index contributed by atoms with van der Waals surface area (Å²) in [6.07, 6.45) is -0.658. The number of aromatic nitrogens is 2. The number of amides is 2. The number of hydrogen-bond acceptors (Lipinski definition) is 7. The average Bonchev–Trinajstić information content (AvgIpc) is 3.44. The van der Waals surface area contributed by atoms with E-state index in [1.165, 1.54) is 0 Å². The Kier molecular flexibility index (Phi) is 6.96. The highest BCUT2D eigenvalue weighted by Gasteiger charge is 2.34. The van der Waals surface area contributed by atoms with Gasteiger partial charge in [-0.05, 0) is 55.5 Å². The summed E-state index contributed by atoms with van der Waals surface area (Å²) in [7, 11) is 7.71. The summed E-state index contributed by atoms with van der Waals surface area (Å²) in [5.74, 6) is -0.304. The van der Waals surface area contributed by atoms with Crippen LogP contribution >= 0.6 is 0 Å². The first-order valence-electron chi connectivity index (χ1n) is 11.6. The monoisotopic (exact) mass is 490 g/mol. The number of hydrogen-bond donors (Lipinski definition) is 1. The summed E-state index contributed by atoms with van der Waals surface area (Å²) in [4.78, 5) is 44.3. The van der Waals surface area contributed by atoms with Gasteiger partial charge in [0.25, 0.3) is 11.8 Å². The van der Waals surface area contributed by atoms with Crippen LogP contribution in [-0.4, -0.2) is 67.4 Å². The van der Waals surface area contributed by atoms with Gasteiger partial charge >= 0.3 is 6.09 Å². The van der Waals surface area contributed by atoms with Gasteiger partial charge < -0.3 is 24.8 Å². The van der Waals surface area contributed by atoms with Crippen molar-refractivity contribution in [2.75, 3.05) is 49.9 Å². The molecule has 2 aromatic carbocycles. The zero-order valence-electron chi connectivity index (χ0n) is 21.1. The van der Waals surface area contributed by atoms with Gasteiger partial charge in [0.1, 0.15) is 0 Å². The fraction of sp³-hybridized carbons (Fsp3) is 0.308. The minimum Gasteiger partial charge on any atom is -0.448 e. The van der Waals surface area contributed by atoms with Crippen LogP contribution in [-0.2, 0) is 17.8 Å². The summed E-state index contributed by atoms with van der Waals surface area (Å²) in [6, 6.07) is 14.4. The molecular weight excluding hydrogens is 460 g/mol.